The number of rotatable bonds is 3. The summed E-state index contributed by atoms with van der Waals surface area (Å²) in [6, 6.07) is 49.0. The van der Waals surface area contributed by atoms with Gasteiger partial charge in [0.05, 0.1) is 16.5 Å². The van der Waals surface area contributed by atoms with Crippen LogP contribution in [0.4, 0.5) is 17.1 Å². The molecule has 9 rings (SSSR count). The van der Waals surface area contributed by atoms with Gasteiger partial charge in [0, 0.05) is 22.1 Å². The monoisotopic (exact) mass is 525 g/mol. The molecule has 192 valence electrons. The lowest BCUT2D eigenvalue weighted by Gasteiger charge is -2.26. The lowest BCUT2D eigenvalue weighted by Crippen LogP contribution is -2.10. The zero-order chi connectivity index (χ0) is 26.9. The summed E-state index contributed by atoms with van der Waals surface area (Å²) in [4.78, 5) is 2.33. The van der Waals surface area contributed by atoms with Gasteiger partial charge >= 0.3 is 0 Å². The lowest BCUT2D eigenvalue weighted by molar-refractivity contribution is 0.663. The van der Waals surface area contributed by atoms with Crippen molar-refractivity contribution in [1.29, 1.82) is 0 Å². The molecule has 0 saturated heterocycles. The molecule has 0 spiro atoms. The summed E-state index contributed by atoms with van der Waals surface area (Å²) in [6.07, 6.45) is 0. The average Bonchev–Trinajstić information content (AvgIpc) is 3.60. The van der Waals surface area contributed by atoms with E-state index in [1.807, 2.05) is 18.2 Å². The number of fused-ring (bicyclic) bond motifs is 10. The summed E-state index contributed by atoms with van der Waals surface area (Å²) < 4.78 is 13.0. The van der Waals surface area contributed by atoms with Crippen LogP contribution in [0, 0.1) is 0 Å². The van der Waals surface area contributed by atoms with E-state index in [0.717, 1.165) is 60.9 Å². The second kappa shape index (κ2) is 8.48. The molecule has 0 amide bonds. The third-order valence-electron chi connectivity index (χ3n) is 8.23. The van der Waals surface area contributed by atoms with Gasteiger partial charge in [0.1, 0.15) is 22.3 Å². The van der Waals surface area contributed by atoms with E-state index in [2.05, 4.69) is 126 Å². The van der Waals surface area contributed by atoms with Crippen molar-refractivity contribution in [2.75, 3.05) is 4.90 Å². The maximum Gasteiger partial charge on any atom is 0.147 e. The van der Waals surface area contributed by atoms with Crippen LogP contribution in [-0.4, -0.2) is 0 Å². The van der Waals surface area contributed by atoms with Gasteiger partial charge in [-0.05, 0) is 76.1 Å². The molecule has 2 heterocycles. The quantitative estimate of drug-likeness (QED) is 0.215. The molecule has 0 radical (unpaired) electrons. The van der Waals surface area contributed by atoms with Gasteiger partial charge in [0.2, 0.25) is 0 Å². The first-order valence-corrected chi connectivity index (χ1v) is 13.9. The van der Waals surface area contributed by atoms with E-state index >= 15 is 0 Å². The number of para-hydroxylation sites is 2. The molecule has 3 heteroatoms. The predicted octanol–water partition coefficient (Wildman–Crippen LogP) is 11.3. The molecule has 0 bridgehead atoms. The molecule has 0 fully saturated rings. The smallest absolute Gasteiger partial charge is 0.147 e. The van der Waals surface area contributed by atoms with Crippen LogP contribution in [-0.2, 0) is 0 Å². The highest BCUT2D eigenvalue weighted by atomic mass is 16.3. The minimum atomic E-state index is 0.816. The van der Waals surface area contributed by atoms with Crippen LogP contribution in [0.1, 0.15) is 0 Å². The Morgan fingerprint density at radius 1 is 0.390 bits per heavy atom. The molecular formula is C38H23NO2. The van der Waals surface area contributed by atoms with Gasteiger partial charge in [0.15, 0.2) is 0 Å². The van der Waals surface area contributed by atoms with Crippen LogP contribution >= 0.6 is 0 Å². The molecule has 0 unspecified atom stereocenters. The topological polar surface area (TPSA) is 29.5 Å². The Balaban J connectivity index is 1.39. The van der Waals surface area contributed by atoms with E-state index < -0.39 is 0 Å². The van der Waals surface area contributed by atoms with Crippen molar-refractivity contribution >= 4 is 82.5 Å². The molecule has 3 nitrogen and oxygen atoms in total. The van der Waals surface area contributed by atoms with Gasteiger partial charge in [-0.2, -0.15) is 0 Å². The van der Waals surface area contributed by atoms with Crippen molar-refractivity contribution < 1.29 is 8.83 Å². The number of furan rings is 2. The Kier molecular flexibility index (Phi) is 4.61. The molecule has 0 aliphatic heterocycles. The summed E-state index contributed by atoms with van der Waals surface area (Å²) in [5.74, 6) is 0. The van der Waals surface area contributed by atoms with E-state index in [0.29, 0.717) is 0 Å². The number of hydrogen-bond acceptors (Lipinski definition) is 3. The van der Waals surface area contributed by atoms with Gasteiger partial charge in [-0.15, -0.1) is 0 Å². The highest BCUT2D eigenvalue weighted by Gasteiger charge is 2.22. The van der Waals surface area contributed by atoms with Crippen LogP contribution in [0.3, 0.4) is 0 Å². The normalized spacial score (nSPS) is 11.9. The summed E-state index contributed by atoms with van der Waals surface area (Å²) in [5.41, 5.74) is 6.58. The number of hydrogen-bond donors (Lipinski definition) is 0. The molecule has 9 aromatic rings. The molecule has 0 aliphatic rings. The van der Waals surface area contributed by atoms with Crippen molar-refractivity contribution in [1.82, 2.24) is 0 Å². The van der Waals surface area contributed by atoms with Crippen molar-refractivity contribution in [3.63, 3.8) is 0 Å². The second-order valence-electron chi connectivity index (χ2n) is 10.5. The lowest BCUT2D eigenvalue weighted by atomic mass is 10.0. The van der Waals surface area contributed by atoms with Gasteiger partial charge in [-0.1, -0.05) is 84.9 Å². The van der Waals surface area contributed by atoms with Crippen LogP contribution in [0.2, 0.25) is 0 Å². The summed E-state index contributed by atoms with van der Waals surface area (Å²) in [5, 5.41) is 9.16. The van der Waals surface area contributed by atoms with Crippen LogP contribution in [0.15, 0.2) is 148 Å². The van der Waals surface area contributed by atoms with Crippen molar-refractivity contribution in [3.05, 3.63) is 140 Å². The van der Waals surface area contributed by atoms with Gasteiger partial charge in [0.25, 0.3) is 0 Å². The van der Waals surface area contributed by atoms with Gasteiger partial charge in [-0.3, -0.25) is 0 Å². The second-order valence-corrected chi connectivity index (χ2v) is 10.5. The maximum absolute atomic E-state index is 6.51. The third kappa shape index (κ3) is 3.26. The molecule has 0 atom stereocenters. The first-order chi connectivity index (χ1) is 20.3. The van der Waals surface area contributed by atoms with Crippen LogP contribution < -0.4 is 4.90 Å². The zero-order valence-electron chi connectivity index (χ0n) is 22.0. The minimum Gasteiger partial charge on any atom is -0.456 e. The predicted molar refractivity (Wildman–Crippen MR) is 171 cm³/mol. The molecule has 0 aliphatic carbocycles. The molecular weight excluding hydrogens is 502 g/mol. The maximum atomic E-state index is 6.51. The van der Waals surface area contributed by atoms with Gasteiger partial charge in [-0.25, -0.2) is 0 Å². The Bertz CT molecular complexity index is 2430. The van der Waals surface area contributed by atoms with Gasteiger partial charge < -0.3 is 13.7 Å². The third-order valence-corrected chi connectivity index (χ3v) is 8.23. The highest BCUT2D eigenvalue weighted by Crippen LogP contribution is 2.46. The highest BCUT2D eigenvalue weighted by molar-refractivity contribution is 6.25. The fourth-order valence-corrected chi connectivity index (χ4v) is 6.39. The first-order valence-electron chi connectivity index (χ1n) is 13.9. The molecule has 2 aromatic heterocycles. The van der Waals surface area contributed by atoms with E-state index in [9.17, 15) is 0 Å². The van der Waals surface area contributed by atoms with E-state index in [-0.39, 0.29) is 0 Å². The Morgan fingerprint density at radius 2 is 1.10 bits per heavy atom. The minimum absolute atomic E-state index is 0.816. The molecule has 0 saturated carbocycles. The Morgan fingerprint density at radius 3 is 2.00 bits per heavy atom. The number of anilines is 3. The van der Waals surface area contributed by atoms with Crippen molar-refractivity contribution in [2.45, 2.75) is 0 Å². The molecule has 7 aromatic carbocycles. The number of benzene rings is 7. The first kappa shape index (κ1) is 22.3. The number of nitrogens with zero attached hydrogens (tertiary/aromatic N) is 1. The van der Waals surface area contributed by atoms with Crippen molar-refractivity contribution in [3.8, 4) is 0 Å². The fourth-order valence-electron chi connectivity index (χ4n) is 6.39. The summed E-state index contributed by atoms with van der Waals surface area (Å²) in [6.45, 7) is 0. The largest absolute Gasteiger partial charge is 0.456 e. The van der Waals surface area contributed by atoms with E-state index in [1.165, 1.54) is 21.5 Å². The van der Waals surface area contributed by atoms with Crippen LogP contribution in [0.25, 0.3) is 65.4 Å². The van der Waals surface area contributed by atoms with E-state index in [4.69, 9.17) is 8.83 Å². The zero-order valence-corrected chi connectivity index (χ0v) is 22.0. The van der Waals surface area contributed by atoms with E-state index in [1.54, 1.807) is 0 Å². The Hall–Kier alpha value is -5.54. The standard InChI is InChI=1S/C38H23NO2/c1-2-10-26(11-3-1)39(27-20-19-25-18-17-24-9-4-5-12-28(24)31(25)23-27)32-14-8-16-34-36(32)37-35(40-34)22-21-30-29-13-6-7-15-33(29)41-38(30)37/h1-23H. The average molecular weight is 526 g/mol. The summed E-state index contributed by atoms with van der Waals surface area (Å²) >= 11 is 0. The van der Waals surface area contributed by atoms with Crippen molar-refractivity contribution in [2.24, 2.45) is 0 Å². The SMILES string of the molecule is c1ccc(N(c2ccc3ccc4ccccc4c3c2)c2cccc3oc4ccc5c6ccccc6oc5c4c23)cc1. The van der Waals surface area contributed by atoms with Crippen LogP contribution in [0.5, 0.6) is 0 Å². The molecule has 41 heavy (non-hydrogen) atoms. The summed E-state index contributed by atoms with van der Waals surface area (Å²) in [7, 11) is 0. The fraction of sp³-hybridized carbons (Fsp3) is 0. The molecule has 0 N–H and O–H groups in total. The Labute approximate surface area is 235 Å².